The van der Waals surface area contributed by atoms with Crippen molar-refractivity contribution in [2.75, 3.05) is 13.7 Å². The monoisotopic (exact) mass is 278 g/mol. The average molecular weight is 278 g/mol. The third-order valence-electron chi connectivity index (χ3n) is 3.57. The molecule has 0 bridgehead atoms. The Kier molecular flexibility index (Phi) is 4.17. The zero-order chi connectivity index (χ0) is 14.0. The Morgan fingerprint density at radius 1 is 1.37 bits per heavy atom. The number of thiocarbonyl (C=S) groups is 1. The summed E-state index contributed by atoms with van der Waals surface area (Å²) in [5.74, 6) is -0.00293. The van der Waals surface area contributed by atoms with Gasteiger partial charge in [-0.2, -0.15) is 0 Å². The van der Waals surface area contributed by atoms with Crippen LogP contribution in [0.2, 0.25) is 0 Å². The zero-order valence-electron chi connectivity index (χ0n) is 11.1. The van der Waals surface area contributed by atoms with Gasteiger partial charge < -0.3 is 15.4 Å². The van der Waals surface area contributed by atoms with Crippen LogP contribution in [0.3, 0.4) is 0 Å². The molecule has 1 aromatic rings. The van der Waals surface area contributed by atoms with Gasteiger partial charge in [0.2, 0.25) is 0 Å². The normalized spacial score (nSPS) is 22.2. The van der Waals surface area contributed by atoms with E-state index in [4.69, 9.17) is 22.7 Å². The van der Waals surface area contributed by atoms with E-state index in [1.165, 1.54) is 0 Å². The maximum atomic E-state index is 12.4. The van der Waals surface area contributed by atoms with Crippen LogP contribution in [0, 0.1) is 0 Å². The van der Waals surface area contributed by atoms with Crippen LogP contribution in [0.5, 0.6) is 0 Å². The molecule has 1 heterocycles. The van der Waals surface area contributed by atoms with E-state index in [0.29, 0.717) is 17.2 Å². The molecule has 0 spiro atoms. The maximum Gasteiger partial charge on any atom is 0.253 e. The van der Waals surface area contributed by atoms with Gasteiger partial charge in [-0.3, -0.25) is 4.79 Å². The molecule has 1 aliphatic rings. The lowest BCUT2D eigenvalue weighted by Crippen LogP contribution is -2.41. The molecule has 0 saturated carbocycles. The van der Waals surface area contributed by atoms with E-state index in [-0.39, 0.29) is 18.1 Å². The molecule has 1 amide bonds. The van der Waals surface area contributed by atoms with Gasteiger partial charge >= 0.3 is 0 Å². The van der Waals surface area contributed by atoms with Gasteiger partial charge in [0.05, 0.1) is 12.1 Å². The molecular formula is C14H18N2O2S. The molecule has 1 fully saturated rings. The molecule has 0 radical (unpaired) electrons. The van der Waals surface area contributed by atoms with Crippen LogP contribution >= 0.6 is 12.2 Å². The summed E-state index contributed by atoms with van der Waals surface area (Å²) in [6.45, 7) is 2.71. The van der Waals surface area contributed by atoms with Gasteiger partial charge in [-0.1, -0.05) is 24.4 Å². The second-order valence-corrected chi connectivity index (χ2v) is 5.23. The minimum absolute atomic E-state index is 0.00293. The smallest absolute Gasteiger partial charge is 0.253 e. The van der Waals surface area contributed by atoms with Crippen LogP contribution in [0.15, 0.2) is 24.3 Å². The van der Waals surface area contributed by atoms with Crippen LogP contribution in [0.25, 0.3) is 0 Å². The van der Waals surface area contributed by atoms with Crippen molar-refractivity contribution in [3.05, 3.63) is 35.4 Å². The third-order valence-corrected chi connectivity index (χ3v) is 3.81. The molecule has 1 aromatic carbocycles. The molecule has 102 valence electrons. The van der Waals surface area contributed by atoms with E-state index in [1.807, 2.05) is 14.0 Å². The summed E-state index contributed by atoms with van der Waals surface area (Å²) in [7, 11) is 1.82. The lowest BCUT2D eigenvalue weighted by Gasteiger charge is -2.26. The van der Waals surface area contributed by atoms with Crippen LogP contribution < -0.4 is 5.73 Å². The van der Waals surface area contributed by atoms with Crippen molar-refractivity contribution in [3.8, 4) is 0 Å². The molecule has 0 aromatic heterocycles. The van der Waals surface area contributed by atoms with Crippen molar-refractivity contribution >= 4 is 23.1 Å². The number of amides is 1. The second-order valence-electron chi connectivity index (χ2n) is 4.79. The molecule has 5 heteroatoms. The molecule has 2 rings (SSSR count). The Bertz CT molecular complexity index is 487. The van der Waals surface area contributed by atoms with E-state index in [9.17, 15) is 4.79 Å². The highest BCUT2D eigenvalue weighted by molar-refractivity contribution is 7.80. The second kappa shape index (κ2) is 5.67. The van der Waals surface area contributed by atoms with Crippen LogP contribution in [0.1, 0.15) is 29.3 Å². The number of benzene rings is 1. The zero-order valence-corrected chi connectivity index (χ0v) is 11.9. The van der Waals surface area contributed by atoms with E-state index < -0.39 is 0 Å². The summed E-state index contributed by atoms with van der Waals surface area (Å²) < 4.78 is 5.50. The fraction of sp³-hybridized carbons (Fsp3) is 0.429. The van der Waals surface area contributed by atoms with Crippen molar-refractivity contribution in [3.63, 3.8) is 0 Å². The summed E-state index contributed by atoms with van der Waals surface area (Å²) in [4.78, 5) is 14.5. The molecular weight excluding hydrogens is 260 g/mol. The molecule has 2 unspecified atom stereocenters. The number of hydrogen-bond donors (Lipinski definition) is 1. The maximum absolute atomic E-state index is 12.4. The Hall–Kier alpha value is -1.46. The first-order valence-electron chi connectivity index (χ1n) is 6.29. The van der Waals surface area contributed by atoms with E-state index in [2.05, 4.69) is 0 Å². The number of ether oxygens (including phenoxy) is 1. The predicted molar refractivity (Wildman–Crippen MR) is 78.2 cm³/mol. The third kappa shape index (κ3) is 2.93. The first-order valence-corrected chi connectivity index (χ1v) is 6.70. The fourth-order valence-electron chi connectivity index (χ4n) is 2.36. The largest absolute Gasteiger partial charge is 0.389 e. The molecule has 1 aliphatic heterocycles. The lowest BCUT2D eigenvalue weighted by atomic mass is 10.1. The molecule has 0 aliphatic carbocycles. The van der Waals surface area contributed by atoms with Gasteiger partial charge in [0.15, 0.2) is 0 Å². The van der Waals surface area contributed by atoms with Crippen molar-refractivity contribution in [2.24, 2.45) is 5.73 Å². The highest BCUT2D eigenvalue weighted by Crippen LogP contribution is 2.20. The number of carbonyl (C=O) groups excluding carboxylic acids is 1. The molecule has 2 N–H and O–H groups in total. The number of likely N-dealkylation sites (N-methyl/N-ethyl adjacent to an activating group) is 1. The molecule has 2 atom stereocenters. The van der Waals surface area contributed by atoms with Gasteiger partial charge in [-0.15, -0.1) is 0 Å². The SMILES string of the molecule is CC1OCCC1N(C)C(=O)c1ccc(C(N)=S)cc1. The van der Waals surface area contributed by atoms with Crippen molar-refractivity contribution in [2.45, 2.75) is 25.5 Å². The van der Waals surface area contributed by atoms with E-state index >= 15 is 0 Å². The summed E-state index contributed by atoms with van der Waals surface area (Å²) in [6, 6.07) is 7.21. The fourth-order valence-corrected chi connectivity index (χ4v) is 2.50. The Labute approximate surface area is 118 Å². The van der Waals surface area contributed by atoms with Crippen molar-refractivity contribution in [1.82, 2.24) is 4.90 Å². The first kappa shape index (κ1) is 14.0. The summed E-state index contributed by atoms with van der Waals surface area (Å²) in [6.07, 6.45) is 0.971. The van der Waals surface area contributed by atoms with Crippen molar-refractivity contribution < 1.29 is 9.53 Å². The van der Waals surface area contributed by atoms with Gasteiger partial charge in [0.1, 0.15) is 4.99 Å². The van der Waals surface area contributed by atoms with Crippen LogP contribution in [-0.2, 0) is 4.74 Å². The molecule has 19 heavy (non-hydrogen) atoms. The topological polar surface area (TPSA) is 55.6 Å². The van der Waals surface area contributed by atoms with Gasteiger partial charge in [0.25, 0.3) is 5.91 Å². The first-order chi connectivity index (χ1) is 9.00. The summed E-state index contributed by atoms with van der Waals surface area (Å²) in [5.41, 5.74) is 6.95. The molecule has 1 saturated heterocycles. The minimum atomic E-state index is -0.00293. The van der Waals surface area contributed by atoms with Crippen LogP contribution in [0.4, 0.5) is 0 Å². The molecule has 4 nitrogen and oxygen atoms in total. The summed E-state index contributed by atoms with van der Waals surface area (Å²) >= 11 is 4.89. The highest BCUT2D eigenvalue weighted by atomic mass is 32.1. The van der Waals surface area contributed by atoms with Crippen molar-refractivity contribution in [1.29, 1.82) is 0 Å². The Morgan fingerprint density at radius 2 is 1.95 bits per heavy atom. The van der Waals surface area contributed by atoms with Gasteiger partial charge in [0, 0.05) is 24.8 Å². The average Bonchev–Trinajstić information content (AvgIpc) is 2.83. The summed E-state index contributed by atoms with van der Waals surface area (Å²) in [5, 5.41) is 0. The Balaban J connectivity index is 2.12. The standard InChI is InChI=1S/C14H18N2O2S/c1-9-12(7-8-18-9)16(2)14(17)11-5-3-10(4-6-11)13(15)19/h3-6,9,12H,7-8H2,1-2H3,(H2,15,19). The van der Waals surface area contributed by atoms with Crippen LogP contribution in [-0.4, -0.2) is 41.6 Å². The lowest BCUT2D eigenvalue weighted by molar-refractivity contribution is 0.0574. The quantitative estimate of drug-likeness (QED) is 0.853. The van der Waals surface area contributed by atoms with Gasteiger partial charge in [-0.05, 0) is 25.5 Å². The number of nitrogens with two attached hydrogens (primary N) is 1. The number of hydrogen-bond acceptors (Lipinski definition) is 3. The van der Waals surface area contributed by atoms with E-state index in [0.717, 1.165) is 12.0 Å². The van der Waals surface area contributed by atoms with E-state index in [1.54, 1.807) is 29.2 Å². The highest BCUT2D eigenvalue weighted by Gasteiger charge is 2.30. The Morgan fingerprint density at radius 3 is 2.42 bits per heavy atom. The predicted octanol–water partition coefficient (Wildman–Crippen LogP) is 1.57. The minimum Gasteiger partial charge on any atom is -0.389 e. The van der Waals surface area contributed by atoms with Gasteiger partial charge in [-0.25, -0.2) is 0 Å². The number of nitrogens with zero attached hydrogens (tertiary/aromatic N) is 1. The number of rotatable bonds is 3. The number of carbonyl (C=O) groups is 1.